The van der Waals surface area contributed by atoms with E-state index in [1.165, 1.54) is 23.4 Å². The summed E-state index contributed by atoms with van der Waals surface area (Å²) in [5.41, 5.74) is 1.18. The smallest absolute Gasteiger partial charge is 0.321 e. The van der Waals surface area contributed by atoms with Crippen LogP contribution in [0.1, 0.15) is 43.2 Å². The molecule has 8 heteroatoms. The normalized spacial score (nSPS) is 20.2. The van der Waals surface area contributed by atoms with Gasteiger partial charge in [-0.1, -0.05) is 13.3 Å². The Kier molecular flexibility index (Phi) is 5.52. The van der Waals surface area contributed by atoms with Gasteiger partial charge in [-0.25, -0.2) is 9.78 Å². The minimum atomic E-state index is -0.147. The number of carbonyl (C=O) groups is 1. The van der Waals surface area contributed by atoms with E-state index in [0.29, 0.717) is 0 Å². The number of fused-ring (bicyclic) bond motifs is 1. The van der Waals surface area contributed by atoms with Crippen molar-refractivity contribution in [1.29, 1.82) is 0 Å². The van der Waals surface area contributed by atoms with Gasteiger partial charge in [-0.2, -0.15) is 5.10 Å². The fourth-order valence-electron chi connectivity index (χ4n) is 3.88. The summed E-state index contributed by atoms with van der Waals surface area (Å²) in [6, 6.07) is 3.90. The number of hydrogen-bond acceptors (Lipinski definition) is 6. The largest absolute Gasteiger partial charge is 0.355 e. The molecule has 0 radical (unpaired) electrons. The number of amides is 2. The van der Waals surface area contributed by atoms with Crippen molar-refractivity contribution in [2.24, 2.45) is 5.92 Å². The molecule has 27 heavy (non-hydrogen) atoms. The quantitative estimate of drug-likeness (QED) is 0.843. The van der Waals surface area contributed by atoms with Gasteiger partial charge in [-0.3, -0.25) is 5.32 Å². The van der Waals surface area contributed by atoms with E-state index in [1.807, 2.05) is 12.1 Å². The first-order valence-electron chi connectivity index (χ1n) is 9.80. The number of anilines is 2. The summed E-state index contributed by atoms with van der Waals surface area (Å²) in [6.07, 6.45) is 8.05. The van der Waals surface area contributed by atoms with E-state index < -0.39 is 0 Å². The van der Waals surface area contributed by atoms with Gasteiger partial charge < -0.3 is 10.2 Å². The van der Waals surface area contributed by atoms with Crippen LogP contribution in [0.4, 0.5) is 15.7 Å². The zero-order chi connectivity index (χ0) is 18.6. The fourth-order valence-corrected chi connectivity index (χ4v) is 5.00. The molecule has 1 atom stereocenters. The first-order valence-corrected chi connectivity index (χ1v) is 10.6. The van der Waals surface area contributed by atoms with Crippen LogP contribution in [-0.4, -0.2) is 40.3 Å². The van der Waals surface area contributed by atoms with Gasteiger partial charge >= 0.3 is 6.03 Å². The second-order valence-corrected chi connectivity index (χ2v) is 8.43. The lowest BCUT2D eigenvalue weighted by Gasteiger charge is -2.32. The van der Waals surface area contributed by atoms with Crippen molar-refractivity contribution in [1.82, 2.24) is 20.5 Å². The third-order valence-corrected chi connectivity index (χ3v) is 6.59. The van der Waals surface area contributed by atoms with Gasteiger partial charge in [0.1, 0.15) is 0 Å². The van der Waals surface area contributed by atoms with Crippen molar-refractivity contribution in [3.63, 3.8) is 0 Å². The molecular weight excluding hydrogens is 360 g/mol. The fraction of sp³-hybridized carbons (Fsp3) is 0.579. The van der Waals surface area contributed by atoms with Crippen LogP contribution < -0.4 is 15.5 Å². The Morgan fingerprint density at radius 1 is 1.33 bits per heavy atom. The third-order valence-electron chi connectivity index (χ3n) is 5.55. The molecule has 2 N–H and O–H groups in total. The standard InChI is InChI=1S/C19H26N6OS/c1-2-13-5-6-15-16(12-13)27-19(22-15)23-18(26)21-14-7-10-25(11-8-14)17-4-3-9-20-24-17/h3-4,9,13-14H,2,5-8,10-12H2,1H3,(H2,21,22,23,26). The molecule has 3 heterocycles. The maximum absolute atomic E-state index is 12.4. The minimum absolute atomic E-state index is 0.147. The topological polar surface area (TPSA) is 83.0 Å². The average Bonchev–Trinajstić information content (AvgIpc) is 3.10. The summed E-state index contributed by atoms with van der Waals surface area (Å²) in [7, 11) is 0. The van der Waals surface area contributed by atoms with Crippen LogP contribution in [0.5, 0.6) is 0 Å². The van der Waals surface area contributed by atoms with Gasteiger partial charge in [0.15, 0.2) is 10.9 Å². The molecule has 0 bridgehead atoms. The molecule has 1 aliphatic heterocycles. The van der Waals surface area contributed by atoms with Crippen molar-refractivity contribution < 1.29 is 4.79 Å². The predicted octanol–water partition coefficient (Wildman–Crippen LogP) is 3.24. The van der Waals surface area contributed by atoms with Gasteiger partial charge in [-0.15, -0.1) is 16.4 Å². The van der Waals surface area contributed by atoms with E-state index >= 15 is 0 Å². The predicted molar refractivity (Wildman–Crippen MR) is 107 cm³/mol. The number of aromatic nitrogens is 3. The lowest BCUT2D eigenvalue weighted by Crippen LogP contribution is -2.46. The molecule has 4 rings (SSSR count). The Labute approximate surface area is 163 Å². The number of rotatable bonds is 4. The number of hydrogen-bond donors (Lipinski definition) is 2. The van der Waals surface area contributed by atoms with E-state index in [-0.39, 0.29) is 12.1 Å². The number of aryl methyl sites for hydroxylation is 1. The Bertz CT molecular complexity index is 772. The highest BCUT2D eigenvalue weighted by Gasteiger charge is 2.24. The average molecular weight is 387 g/mol. The molecule has 0 aromatic carbocycles. The molecule has 1 unspecified atom stereocenters. The molecule has 1 fully saturated rings. The highest BCUT2D eigenvalue weighted by molar-refractivity contribution is 7.15. The van der Waals surface area contributed by atoms with Gasteiger partial charge in [0, 0.05) is 30.2 Å². The van der Waals surface area contributed by atoms with Crippen molar-refractivity contribution in [2.45, 2.75) is 51.5 Å². The van der Waals surface area contributed by atoms with E-state index in [4.69, 9.17) is 0 Å². The van der Waals surface area contributed by atoms with Gasteiger partial charge in [0.05, 0.1) is 5.69 Å². The van der Waals surface area contributed by atoms with E-state index in [2.05, 4.69) is 37.6 Å². The molecule has 7 nitrogen and oxygen atoms in total. The Hall–Kier alpha value is -2.22. The second-order valence-electron chi connectivity index (χ2n) is 7.35. The molecule has 2 aromatic heterocycles. The summed E-state index contributed by atoms with van der Waals surface area (Å²) in [6.45, 7) is 3.99. The minimum Gasteiger partial charge on any atom is -0.355 e. The molecule has 2 aliphatic rings. The first kappa shape index (κ1) is 18.2. The monoisotopic (exact) mass is 386 g/mol. The van der Waals surface area contributed by atoms with E-state index in [0.717, 1.165) is 55.6 Å². The van der Waals surface area contributed by atoms with E-state index in [9.17, 15) is 4.79 Å². The summed E-state index contributed by atoms with van der Waals surface area (Å²) in [5, 5.41) is 14.9. The highest BCUT2D eigenvalue weighted by atomic mass is 32.1. The summed E-state index contributed by atoms with van der Waals surface area (Å²) >= 11 is 1.64. The summed E-state index contributed by atoms with van der Waals surface area (Å²) in [5.74, 6) is 1.67. The number of nitrogens with one attached hydrogen (secondary N) is 2. The second kappa shape index (κ2) is 8.21. The van der Waals surface area contributed by atoms with Crippen LogP contribution in [0.2, 0.25) is 0 Å². The number of piperidine rings is 1. The van der Waals surface area contributed by atoms with Crippen LogP contribution in [-0.2, 0) is 12.8 Å². The van der Waals surface area contributed by atoms with Gasteiger partial charge in [-0.05, 0) is 50.2 Å². The zero-order valence-corrected chi connectivity index (χ0v) is 16.5. The Balaban J connectivity index is 1.26. The third kappa shape index (κ3) is 4.37. The number of thiazole rings is 1. The van der Waals surface area contributed by atoms with E-state index in [1.54, 1.807) is 17.5 Å². The Morgan fingerprint density at radius 2 is 2.19 bits per heavy atom. The zero-order valence-electron chi connectivity index (χ0n) is 15.6. The number of urea groups is 1. The molecule has 144 valence electrons. The summed E-state index contributed by atoms with van der Waals surface area (Å²) < 4.78 is 0. The van der Waals surface area contributed by atoms with Crippen LogP contribution in [0.15, 0.2) is 18.3 Å². The van der Waals surface area contributed by atoms with Crippen LogP contribution in [0, 0.1) is 5.92 Å². The molecule has 0 spiro atoms. The molecule has 1 aliphatic carbocycles. The van der Waals surface area contributed by atoms with Crippen LogP contribution in [0.25, 0.3) is 0 Å². The highest BCUT2D eigenvalue weighted by Crippen LogP contribution is 2.33. The molecule has 2 amide bonds. The SMILES string of the molecule is CCC1CCc2nc(NC(=O)NC3CCN(c4cccnn4)CC3)sc2C1. The van der Waals surface area contributed by atoms with Gasteiger partial charge in [0.2, 0.25) is 0 Å². The van der Waals surface area contributed by atoms with Gasteiger partial charge in [0.25, 0.3) is 0 Å². The van der Waals surface area contributed by atoms with Crippen molar-refractivity contribution in [3.05, 3.63) is 28.9 Å². The number of carbonyl (C=O) groups excluding carboxylic acids is 1. The first-order chi connectivity index (χ1) is 13.2. The maximum Gasteiger partial charge on any atom is 0.321 e. The lowest BCUT2D eigenvalue weighted by molar-refractivity contribution is 0.246. The Morgan fingerprint density at radius 3 is 2.93 bits per heavy atom. The van der Waals surface area contributed by atoms with Crippen molar-refractivity contribution in [3.8, 4) is 0 Å². The maximum atomic E-state index is 12.4. The van der Waals surface area contributed by atoms with Crippen LogP contribution >= 0.6 is 11.3 Å². The molecule has 0 saturated carbocycles. The molecular formula is C19H26N6OS. The summed E-state index contributed by atoms with van der Waals surface area (Å²) in [4.78, 5) is 20.6. The molecule has 1 saturated heterocycles. The lowest BCUT2D eigenvalue weighted by atomic mass is 9.89. The van der Waals surface area contributed by atoms with Crippen molar-refractivity contribution >= 4 is 28.3 Å². The number of nitrogens with zero attached hydrogens (tertiary/aromatic N) is 4. The molecule has 2 aromatic rings. The van der Waals surface area contributed by atoms with Crippen LogP contribution in [0.3, 0.4) is 0 Å². The van der Waals surface area contributed by atoms with Crippen molar-refractivity contribution in [2.75, 3.05) is 23.3 Å².